The Morgan fingerprint density at radius 1 is 1.33 bits per heavy atom. The molecule has 0 saturated carbocycles. The highest BCUT2D eigenvalue weighted by Crippen LogP contribution is 2.23. The van der Waals surface area contributed by atoms with E-state index in [9.17, 15) is 0 Å². The minimum atomic E-state index is 0.292. The van der Waals surface area contributed by atoms with Crippen LogP contribution in [0.1, 0.15) is 38.2 Å². The monoisotopic (exact) mass is 266 g/mol. The Hall–Kier alpha value is -0.570. The molecule has 1 fully saturated rings. The van der Waals surface area contributed by atoms with Crippen molar-refractivity contribution in [1.29, 1.82) is 0 Å². The lowest BCUT2D eigenvalue weighted by atomic mass is 9.96. The van der Waals surface area contributed by atoms with E-state index >= 15 is 0 Å². The second-order valence-electron chi connectivity index (χ2n) is 5.46. The Morgan fingerprint density at radius 2 is 2.06 bits per heavy atom. The van der Waals surface area contributed by atoms with Crippen LogP contribution < -0.4 is 5.73 Å². The van der Waals surface area contributed by atoms with Crippen molar-refractivity contribution >= 4 is 11.6 Å². The first-order valence-corrected chi connectivity index (χ1v) is 7.27. The molecule has 1 aliphatic rings. The van der Waals surface area contributed by atoms with E-state index in [1.807, 2.05) is 12.1 Å². The number of halogens is 1. The summed E-state index contributed by atoms with van der Waals surface area (Å²) in [6, 6.07) is 9.14. The van der Waals surface area contributed by atoms with Crippen molar-refractivity contribution in [3.8, 4) is 0 Å². The number of benzene rings is 1. The van der Waals surface area contributed by atoms with E-state index in [0.29, 0.717) is 12.1 Å². The SMILES string of the molecule is CC(N)CC1CCCCN1Cc1ccc(Cl)cc1. The van der Waals surface area contributed by atoms with Crippen LogP contribution in [0.2, 0.25) is 5.02 Å². The molecule has 0 aromatic heterocycles. The van der Waals surface area contributed by atoms with Gasteiger partial charge in [0.15, 0.2) is 0 Å². The van der Waals surface area contributed by atoms with Crippen LogP contribution >= 0.6 is 11.6 Å². The molecule has 3 heteroatoms. The number of piperidine rings is 1. The minimum Gasteiger partial charge on any atom is -0.328 e. The molecule has 2 atom stereocenters. The number of hydrogen-bond donors (Lipinski definition) is 1. The van der Waals surface area contributed by atoms with Crippen molar-refractivity contribution in [2.75, 3.05) is 6.54 Å². The molecular weight excluding hydrogens is 244 g/mol. The van der Waals surface area contributed by atoms with Gasteiger partial charge >= 0.3 is 0 Å². The van der Waals surface area contributed by atoms with Gasteiger partial charge in [0.2, 0.25) is 0 Å². The third kappa shape index (κ3) is 3.98. The van der Waals surface area contributed by atoms with Gasteiger partial charge in [-0.1, -0.05) is 30.2 Å². The molecule has 0 aliphatic carbocycles. The van der Waals surface area contributed by atoms with Gasteiger partial charge in [0.1, 0.15) is 0 Å². The largest absolute Gasteiger partial charge is 0.328 e. The molecule has 0 amide bonds. The van der Waals surface area contributed by atoms with Gasteiger partial charge in [-0.3, -0.25) is 4.90 Å². The molecule has 1 aromatic carbocycles. The van der Waals surface area contributed by atoms with Crippen LogP contribution in [0.3, 0.4) is 0 Å². The minimum absolute atomic E-state index is 0.292. The van der Waals surface area contributed by atoms with Crippen LogP contribution in [0.15, 0.2) is 24.3 Å². The maximum Gasteiger partial charge on any atom is 0.0406 e. The molecule has 2 N–H and O–H groups in total. The summed E-state index contributed by atoms with van der Waals surface area (Å²) in [4.78, 5) is 2.58. The predicted octanol–water partition coefficient (Wildman–Crippen LogP) is 3.43. The first-order valence-electron chi connectivity index (χ1n) is 6.89. The van der Waals surface area contributed by atoms with Crippen molar-refractivity contribution in [1.82, 2.24) is 4.90 Å². The quantitative estimate of drug-likeness (QED) is 0.905. The summed E-state index contributed by atoms with van der Waals surface area (Å²) in [5.41, 5.74) is 7.30. The summed E-state index contributed by atoms with van der Waals surface area (Å²) in [7, 11) is 0. The summed E-state index contributed by atoms with van der Waals surface area (Å²) in [5.74, 6) is 0. The van der Waals surface area contributed by atoms with Crippen molar-refractivity contribution in [2.45, 2.75) is 51.2 Å². The van der Waals surface area contributed by atoms with Gasteiger partial charge in [0.25, 0.3) is 0 Å². The first-order chi connectivity index (χ1) is 8.65. The predicted molar refractivity (Wildman–Crippen MR) is 77.8 cm³/mol. The molecule has 0 spiro atoms. The average Bonchev–Trinajstić information content (AvgIpc) is 2.34. The Labute approximate surface area is 115 Å². The van der Waals surface area contributed by atoms with Gasteiger partial charge in [-0.2, -0.15) is 0 Å². The summed E-state index contributed by atoms with van der Waals surface area (Å²) < 4.78 is 0. The van der Waals surface area contributed by atoms with Crippen LogP contribution in [-0.2, 0) is 6.54 Å². The molecule has 1 aromatic rings. The fraction of sp³-hybridized carbons (Fsp3) is 0.600. The van der Waals surface area contributed by atoms with Crippen LogP contribution in [0, 0.1) is 0 Å². The Bertz CT molecular complexity index is 361. The van der Waals surface area contributed by atoms with E-state index in [0.717, 1.165) is 18.0 Å². The third-order valence-electron chi connectivity index (χ3n) is 3.69. The van der Waals surface area contributed by atoms with Crippen LogP contribution in [0.4, 0.5) is 0 Å². The number of likely N-dealkylation sites (tertiary alicyclic amines) is 1. The van der Waals surface area contributed by atoms with Crippen molar-refractivity contribution in [3.63, 3.8) is 0 Å². The van der Waals surface area contributed by atoms with E-state index in [1.165, 1.54) is 31.4 Å². The van der Waals surface area contributed by atoms with Crippen molar-refractivity contribution < 1.29 is 0 Å². The van der Waals surface area contributed by atoms with Gasteiger partial charge in [0.05, 0.1) is 0 Å². The maximum atomic E-state index is 5.95. The fourth-order valence-electron chi connectivity index (χ4n) is 2.79. The second kappa shape index (κ2) is 6.55. The highest BCUT2D eigenvalue weighted by atomic mass is 35.5. The van der Waals surface area contributed by atoms with Crippen LogP contribution in [0.5, 0.6) is 0 Å². The Balaban J connectivity index is 1.98. The average molecular weight is 267 g/mol. The first kappa shape index (κ1) is 13.9. The normalized spacial score (nSPS) is 22.9. The summed E-state index contributed by atoms with van der Waals surface area (Å²) in [6.07, 6.45) is 5.04. The van der Waals surface area contributed by atoms with Crippen LogP contribution in [0.25, 0.3) is 0 Å². The van der Waals surface area contributed by atoms with Crippen molar-refractivity contribution in [2.24, 2.45) is 5.73 Å². The van der Waals surface area contributed by atoms with Gasteiger partial charge in [-0.05, 0) is 50.4 Å². The molecule has 2 nitrogen and oxygen atoms in total. The molecule has 1 saturated heterocycles. The second-order valence-corrected chi connectivity index (χ2v) is 5.90. The van der Waals surface area contributed by atoms with Gasteiger partial charge in [-0.25, -0.2) is 0 Å². The highest BCUT2D eigenvalue weighted by Gasteiger charge is 2.23. The number of nitrogens with zero attached hydrogens (tertiary/aromatic N) is 1. The highest BCUT2D eigenvalue weighted by molar-refractivity contribution is 6.30. The Morgan fingerprint density at radius 3 is 2.72 bits per heavy atom. The van der Waals surface area contributed by atoms with E-state index < -0.39 is 0 Å². The molecule has 0 radical (unpaired) electrons. The lowest BCUT2D eigenvalue weighted by Crippen LogP contribution is -2.41. The molecule has 2 unspecified atom stereocenters. The number of nitrogens with two attached hydrogens (primary N) is 1. The van der Waals surface area contributed by atoms with Crippen molar-refractivity contribution in [3.05, 3.63) is 34.9 Å². The molecule has 1 aliphatic heterocycles. The summed E-state index contributed by atoms with van der Waals surface area (Å²) >= 11 is 5.92. The van der Waals surface area contributed by atoms with Crippen LogP contribution in [-0.4, -0.2) is 23.5 Å². The zero-order chi connectivity index (χ0) is 13.0. The molecular formula is C15H23ClN2. The van der Waals surface area contributed by atoms with Gasteiger partial charge in [-0.15, -0.1) is 0 Å². The lowest BCUT2D eigenvalue weighted by molar-refractivity contribution is 0.127. The zero-order valence-corrected chi connectivity index (χ0v) is 11.9. The number of hydrogen-bond acceptors (Lipinski definition) is 2. The van der Waals surface area contributed by atoms with Gasteiger partial charge in [0, 0.05) is 23.7 Å². The lowest BCUT2D eigenvalue weighted by Gasteiger charge is -2.36. The molecule has 0 bridgehead atoms. The topological polar surface area (TPSA) is 29.3 Å². The Kier molecular flexibility index (Phi) is 5.04. The molecule has 2 rings (SSSR count). The summed E-state index contributed by atoms with van der Waals surface area (Å²) in [6.45, 7) is 4.32. The molecule has 18 heavy (non-hydrogen) atoms. The molecule has 100 valence electrons. The third-order valence-corrected chi connectivity index (χ3v) is 3.94. The smallest absolute Gasteiger partial charge is 0.0406 e. The fourth-order valence-corrected chi connectivity index (χ4v) is 2.91. The van der Waals surface area contributed by atoms with E-state index in [2.05, 4.69) is 24.0 Å². The number of rotatable bonds is 4. The standard InChI is InChI=1S/C15H23ClN2/c1-12(17)10-15-4-2-3-9-18(15)11-13-5-7-14(16)8-6-13/h5-8,12,15H,2-4,9-11,17H2,1H3. The van der Waals surface area contributed by atoms with Gasteiger partial charge < -0.3 is 5.73 Å². The van der Waals surface area contributed by atoms with E-state index in [4.69, 9.17) is 17.3 Å². The van der Waals surface area contributed by atoms with E-state index in [1.54, 1.807) is 0 Å². The summed E-state index contributed by atoms with van der Waals surface area (Å²) in [5, 5.41) is 0.810. The zero-order valence-electron chi connectivity index (χ0n) is 11.1. The maximum absolute atomic E-state index is 5.95. The van der Waals surface area contributed by atoms with E-state index in [-0.39, 0.29) is 0 Å². The molecule has 1 heterocycles.